The highest BCUT2D eigenvalue weighted by molar-refractivity contribution is 7.98. The predicted octanol–water partition coefficient (Wildman–Crippen LogP) is 4.08. The van der Waals surface area contributed by atoms with E-state index in [2.05, 4.69) is 14.2 Å². The van der Waals surface area contributed by atoms with Crippen molar-refractivity contribution < 1.29 is 12.6 Å². The number of benzene rings is 2. The summed E-state index contributed by atoms with van der Waals surface area (Å²) in [7, 11) is -2.67. The van der Waals surface area contributed by atoms with Crippen LogP contribution in [0.25, 0.3) is 11.3 Å². The molecule has 0 N–H and O–H groups in total. The molecule has 5 nitrogen and oxygen atoms in total. The van der Waals surface area contributed by atoms with E-state index in [0.29, 0.717) is 16.4 Å². The van der Waals surface area contributed by atoms with Crippen molar-refractivity contribution >= 4 is 21.9 Å². The predicted molar refractivity (Wildman–Crippen MR) is 102 cm³/mol. The van der Waals surface area contributed by atoms with Crippen LogP contribution in [0.15, 0.2) is 70.7 Å². The fraction of sp³-hybridized carbons (Fsp3) is 0.158. The highest BCUT2D eigenvalue weighted by atomic mass is 32.2. The van der Waals surface area contributed by atoms with Gasteiger partial charge in [-0.25, -0.2) is 9.97 Å². The molecule has 3 aromatic rings. The van der Waals surface area contributed by atoms with Gasteiger partial charge in [0.1, 0.15) is 4.90 Å². The Kier molecular flexibility index (Phi) is 5.70. The van der Waals surface area contributed by atoms with Gasteiger partial charge >= 0.3 is 0 Å². The van der Waals surface area contributed by atoms with Crippen LogP contribution in [0.3, 0.4) is 0 Å². The minimum atomic E-state index is -3.83. The fourth-order valence-corrected chi connectivity index (χ4v) is 4.18. The van der Waals surface area contributed by atoms with Gasteiger partial charge in [-0.15, -0.1) is 0 Å². The molecule has 1 aromatic heterocycles. The van der Waals surface area contributed by atoms with Gasteiger partial charge in [0.2, 0.25) is 0 Å². The molecule has 7 heteroatoms. The highest BCUT2D eigenvalue weighted by Crippen LogP contribution is 2.29. The van der Waals surface area contributed by atoms with Gasteiger partial charge < -0.3 is 0 Å². The summed E-state index contributed by atoms with van der Waals surface area (Å²) in [5.74, 6) is 0.738. The maximum atomic E-state index is 12.2. The molecule has 0 radical (unpaired) electrons. The Balaban J connectivity index is 1.96. The Labute approximate surface area is 157 Å². The normalized spacial score (nSPS) is 11.5. The van der Waals surface area contributed by atoms with E-state index in [-0.39, 0.29) is 4.90 Å². The second-order valence-electron chi connectivity index (χ2n) is 5.57. The molecule has 0 amide bonds. The summed E-state index contributed by atoms with van der Waals surface area (Å²) >= 11 is 1.51. The molecular weight excluding hydrogens is 368 g/mol. The fourth-order valence-electron chi connectivity index (χ4n) is 2.45. The smallest absolute Gasteiger partial charge is 0.270 e. The second-order valence-corrected chi connectivity index (χ2v) is 8.19. The number of rotatable bonds is 6. The van der Waals surface area contributed by atoms with Crippen molar-refractivity contribution in [3.63, 3.8) is 0 Å². The number of hydrogen-bond donors (Lipinski definition) is 0. The van der Waals surface area contributed by atoms with E-state index in [4.69, 9.17) is 0 Å². The molecule has 0 aliphatic rings. The minimum absolute atomic E-state index is 0.0969. The van der Waals surface area contributed by atoms with E-state index in [1.807, 2.05) is 37.3 Å². The molecule has 0 bridgehead atoms. The van der Waals surface area contributed by atoms with Crippen LogP contribution < -0.4 is 0 Å². The number of aromatic nitrogens is 2. The van der Waals surface area contributed by atoms with Gasteiger partial charge in [0.15, 0.2) is 5.16 Å². The molecule has 0 spiro atoms. The molecule has 0 aliphatic heterocycles. The quantitative estimate of drug-likeness (QED) is 0.361. The summed E-state index contributed by atoms with van der Waals surface area (Å²) in [6.07, 6.45) is 0. The van der Waals surface area contributed by atoms with Gasteiger partial charge in [0.05, 0.1) is 12.8 Å². The van der Waals surface area contributed by atoms with Crippen LogP contribution in [0.4, 0.5) is 0 Å². The maximum absolute atomic E-state index is 12.2. The van der Waals surface area contributed by atoms with Gasteiger partial charge in [-0.05, 0) is 24.6 Å². The Bertz CT molecular complexity index is 1010. The molecule has 0 fully saturated rings. The van der Waals surface area contributed by atoms with Gasteiger partial charge in [-0.2, -0.15) is 8.42 Å². The summed E-state index contributed by atoms with van der Waals surface area (Å²) in [6.45, 7) is 1.87. The molecule has 0 aliphatic carbocycles. The Morgan fingerprint density at radius 1 is 1.00 bits per heavy atom. The van der Waals surface area contributed by atoms with E-state index >= 15 is 0 Å². The van der Waals surface area contributed by atoms with E-state index in [0.717, 1.165) is 18.6 Å². The lowest BCUT2D eigenvalue weighted by Crippen LogP contribution is -2.05. The average Bonchev–Trinajstić information content (AvgIpc) is 2.67. The summed E-state index contributed by atoms with van der Waals surface area (Å²) < 4.78 is 29.1. The number of nitrogens with zero attached hydrogens (tertiary/aromatic N) is 2. The summed E-state index contributed by atoms with van der Waals surface area (Å²) in [5, 5.41) is 0.605. The molecule has 134 valence electrons. The molecular formula is C19H18N2O3S2. The van der Waals surface area contributed by atoms with Gasteiger partial charge in [0.25, 0.3) is 10.1 Å². The third-order valence-corrected chi connectivity index (χ3v) is 5.95. The summed E-state index contributed by atoms with van der Waals surface area (Å²) in [5.41, 5.74) is 3.01. The number of hydrogen-bond acceptors (Lipinski definition) is 6. The first-order chi connectivity index (χ1) is 12.5. The van der Waals surface area contributed by atoms with Crippen molar-refractivity contribution in [3.8, 4) is 11.3 Å². The van der Waals surface area contributed by atoms with Crippen LogP contribution >= 0.6 is 11.8 Å². The molecule has 0 atom stereocenters. The third-order valence-electron chi connectivity index (χ3n) is 3.70. The lowest BCUT2D eigenvalue weighted by atomic mass is 10.1. The van der Waals surface area contributed by atoms with Crippen molar-refractivity contribution in [1.29, 1.82) is 0 Å². The molecule has 0 saturated carbocycles. The zero-order chi connectivity index (χ0) is 18.6. The van der Waals surface area contributed by atoms with Crippen LogP contribution in [0.1, 0.15) is 11.3 Å². The zero-order valence-electron chi connectivity index (χ0n) is 14.4. The van der Waals surface area contributed by atoms with Crippen LogP contribution in [0.5, 0.6) is 0 Å². The molecule has 0 unspecified atom stereocenters. The van der Waals surface area contributed by atoms with Crippen LogP contribution in [-0.4, -0.2) is 25.5 Å². The van der Waals surface area contributed by atoms with Crippen LogP contribution in [0, 0.1) is 6.92 Å². The number of thioether (sulfide) groups is 1. The number of aryl methyl sites for hydroxylation is 1. The van der Waals surface area contributed by atoms with Crippen LogP contribution in [0.2, 0.25) is 0 Å². The van der Waals surface area contributed by atoms with Crippen molar-refractivity contribution in [2.45, 2.75) is 22.7 Å². The first-order valence-electron chi connectivity index (χ1n) is 7.92. The largest absolute Gasteiger partial charge is 0.297 e. The first kappa shape index (κ1) is 18.6. The molecule has 26 heavy (non-hydrogen) atoms. The van der Waals surface area contributed by atoms with Crippen molar-refractivity contribution in [2.24, 2.45) is 0 Å². The van der Waals surface area contributed by atoms with Crippen LogP contribution in [-0.2, 0) is 20.1 Å². The van der Waals surface area contributed by atoms with Crippen molar-refractivity contribution in [3.05, 3.63) is 71.9 Å². The Morgan fingerprint density at radius 2 is 1.69 bits per heavy atom. The van der Waals surface area contributed by atoms with E-state index in [1.54, 1.807) is 24.3 Å². The highest BCUT2D eigenvalue weighted by Gasteiger charge is 2.20. The monoisotopic (exact) mass is 386 g/mol. The topological polar surface area (TPSA) is 69.2 Å². The Hall–Kier alpha value is -2.22. The lowest BCUT2D eigenvalue weighted by Gasteiger charge is -2.10. The van der Waals surface area contributed by atoms with Gasteiger partial charge in [0, 0.05) is 17.0 Å². The van der Waals surface area contributed by atoms with Gasteiger partial charge in [-0.1, -0.05) is 60.3 Å². The van der Waals surface area contributed by atoms with E-state index in [9.17, 15) is 8.42 Å². The summed E-state index contributed by atoms with van der Waals surface area (Å²) in [4.78, 5) is 9.11. The Morgan fingerprint density at radius 3 is 2.42 bits per heavy atom. The second kappa shape index (κ2) is 7.99. The minimum Gasteiger partial charge on any atom is -0.270 e. The van der Waals surface area contributed by atoms with Crippen molar-refractivity contribution in [2.75, 3.05) is 7.11 Å². The van der Waals surface area contributed by atoms with E-state index in [1.165, 1.54) is 23.4 Å². The summed E-state index contributed by atoms with van der Waals surface area (Å²) in [6, 6.07) is 18.5. The SMILES string of the molecule is COS(=O)(=O)c1ccccc1-c1cc(C)nc(SCc2ccccc2)n1. The van der Waals surface area contributed by atoms with Crippen molar-refractivity contribution in [1.82, 2.24) is 9.97 Å². The van der Waals surface area contributed by atoms with E-state index < -0.39 is 10.1 Å². The molecule has 0 saturated heterocycles. The first-order valence-corrected chi connectivity index (χ1v) is 10.3. The average molecular weight is 386 g/mol. The molecule has 1 heterocycles. The lowest BCUT2D eigenvalue weighted by molar-refractivity contribution is 0.398. The van der Waals surface area contributed by atoms with Gasteiger partial charge in [-0.3, -0.25) is 4.18 Å². The molecule has 3 rings (SSSR count). The molecule has 2 aromatic carbocycles. The standard InChI is InChI=1S/C19H18N2O3S2/c1-14-12-17(16-10-6-7-11-18(16)26(22,23)24-2)21-19(20-14)25-13-15-8-4-3-5-9-15/h3-12H,13H2,1-2H3. The maximum Gasteiger partial charge on any atom is 0.297 e. The third kappa shape index (κ3) is 4.30. The zero-order valence-corrected chi connectivity index (χ0v) is 16.0.